The van der Waals surface area contributed by atoms with Gasteiger partial charge in [0.05, 0.1) is 11.6 Å². The Balaban J connectivity index is 1.56. The Morgan fingerprint density at radius 3 is 2.44 bits per heavy atom. The van der Waals surface area contributed by atoms with Crippen LogP contribution in [0.4, 0.5) is 4.39 Å². The van der Waals surface area contributed by atoms with E-state index in [2.05, 4.69) is 4.98 Å². The summed E-state index contributed by atoms with van der Waals surface area (Å²) >= 11 is 0. The first-order chi connectivity index (χ1) is 16.4. The number of likely N-dealkylation sites (tertiary alicyclic amines) is 1. The van der Waals surface area contributed by atoms with Gasteiger partial charge in [-0.3, -0.25) is 9.59 Å². The number of hydrogen-bond acceptors (Lipinski definition) is 3. The third-order valence-electron chi connectivity index (χ3n) is 6.35. The maximum absolute atomic E-state index is 13.4. The molecule has 1 saturated heterocycles. The molecule has 1 aliphatic heterocycles. The van der Waals surface area contributed by atoms with Crippen molar-refractivity contribution >= 4 is 28.4 Å². The Bertz CT molecular complexity index is 1420. The second-order valence-electron chi connectivity index (χ2n) is 8.52. The zero-order valence-electron chi connectivity index (χ0n) is 18.6. The molecule has 1 amide bonds. The van der Waals surface area contributed by atoms with Crippen molar-refractivity contribution in [3.8, 4) is 0 Å². The number of benzene rings is 3. The number of fused-ring (bicyclic) bond motifs is 1. The van der Waals surface area contributed by atoms with Gasteiger partial charge in [-0.15, -0.1) is 0 Å². The smallest absolute Gasteiger partial charge is 0.295 e. The number of carbonyl (C=O) groups is 2. The van der Waals surface area contributed by atoms with Gasteiger partial charge < -0.3 is 15.0 Å². The van der Waals surface area contributed by atoms with E-state index in [1.54, 1.807) is 0 Å². The Morgan fingerprint density at radius 1 is 1.00 bits per heavy atom. The lowest BCUT2D eigenvalue weighted by atomic mass is 9.94. The SMILES string of the molecule is Cc1ccc([C@H]2C(=C(O)c3ccc(F)cc3)C(=O)C(=O)N2CCc2c[nH]c3ccccc23)cc1. The van der Waals surface area contributed by atoms with E-state index < -0.39 is 23.5 Å². The molecular formula is C28H23FN2O3. The van der Waals surface area contributed by atoms with E-state index in [9.17, 15) is 19.1 Å². The van der Waals surface area contributed by atoms with Crippen LogP contribution in [0.2, 0.25) is 0 Å². The molecule has 1 atom stereocenters. The second kappa shape index (κ2) is 8.63. The van der Waals surface area contributed by atoms with Gasteiger partial charge in [0.15, 0.2) is 0 Å². The number of amides is 1. The summed E-state index contributed by atoms with van der Waals surface area (Å²) in [7, 11) is 0. The van der Waals surface area contributed by atoms with E-state index >= 15 is 0 Å². The fourth-order valence-electron chi connectivity index (χ4n) is 4.55. The molecule has 1 aromatic heterocycles. The van der Waals surface area contributed by atoms with Crippen LogP contribution in [0.5, 0.6) is 0 Å². The highest BCUT2D eigenvalue weighted by Gasteiger charge is 2.45. The third kappa shape index (κ3) is 3.77. The van der Waals surface area contributed by atoms with Gasteiger partial charge in [0.1, 0.15) is 11.6 Å². The minimum Gasteiger partial charge on any atom is -0.507 e. The lowest BCUT2D eigenvalue weighted by Crippen LogP contribution is -2.31. The molecule has 5 rings (SSSR count). The van der Waals surface area contributed by atoms with Crippen LogP contribution in [0.3, 0.4) is 0 Å². The molecule has 170 valence electrons. The Labute approximate surface area is 196 Å². The lowest BCUT2D eigenvalue weighted by Gasteiger charge is -2.25. The second-order valence-corrected chi connectivity index (χ2v) is 8.52. The van der Waals surface area contributed by atoms with E-state index in [0.717, 1.165) is 27.6 Å². The largest absolute Gasteiger partial charge is 0.507 e. The molecule has 6 heteroatoms. The van der Waals surface area contributed by atoms with Crippen LogP contribution in [-0.4, -0.2) is 33.2 Å². The van der Waals surface area contributed by atoms with Gasteiger partial charge in [0, 0.05) is 29.2 Å². The number of nitrogens with one attached hydrogen (secondary N) is 1. The van der Waals surface area contributed by atoms with Gasteiger partial charge in [-0.2, -0.15) is 0 Å². The summed E-state index contributed by atoms with van der Waals surface area (Å²) in [5.41, 5.74) is 4.11. The number of nitrogens with zero attached hydrogens (tertiary/aromatic N) is 1. The quantitative estimate of drug-likeness (QED) is 0.245. The molecule has 0 radical (unpaired) electrons. The maximum atomic E-state index is 13.4. The number of para-hydroxylation sites is 1. The molecule has 1 fully saturated rings. The number of aromatic nitrogens is 1. The first-order valence-corrected chi connectivity index (χ1v) is 11.1. The Hall–Kier alpha value is -4.19. The number of Topliss-reactive ketones (excluding diaryl/α,β-unsaturated/α-hetero) is 1. The van der Waals surface area contributed by atoms with Crippen molar-refractivity contribution in [3.63, 3.8) is 0 Å². The van der Waals surface area contributed by atoms with Crippen molar-refractivity contribution in [2.24, 2.45) is 0 Å². The number of ketones is 1. The standard InChI is InChI=1S/C28H23FN2O3/c1-17-6-8-18(9-7-17)25-24(26(32)19-10-12-21(29)13-11-19)27(33)28(34)31(25)15-14-20-16-30-23-5-3-2-4-22(20)23/h2-13,16,25,30,32H,14-15H2,1H3/t25-/m0/s1. The monoisotopic (exact) mass is 454 g/mol. The van der Waals surface area contributed by atoms with E-state index in [-0.39, 0.29) is 16.9 Å². The predicted octanol–water partition coefficient (Wildman–Crippen LogP) is 5.28. The summed E-state index contributed by atoms with van der Waals surface area (Å²) in [4.78, 5) is 31.0. The number of aliphatic hydroxyl groups is 1. The van der Waals surface area contributed by atoms with Gasteiger partial charge in [0.25, 0.3) is 11.7 Å². The molecule has 0 bridgehead atoms. The first kappa shape index (κ1) is 21.6. The summed E-state index contributed by atoms with van der Waals surface area (Å²) in [6, 6.07) is 19.9. The van der Waals surface area contributed by atoms with E-state index in [1.165, 1.54) is 29.2 Å². The predicted molar refractivity (Wildman–Crippen MR) is 129 cm³/mol. The van der Waals surface area contributed by atoms with Crippen LogP contribution in [0, 0.1) is 12.7 Å². The number of carbonyl (C=O) groups excluding carboxylic acids is 2. The molecule has 1 aliphatic rings. The molecule has 2 N–H and O–H groups in total. The van der Waals surface area contributed by atoms with E-state index in [4.69, 9.17) is 0 Å². The van der Waals surface area contributed by atoms with Crippen molar-refractivity contribution in [1.29, 1.82) is 0 Å². The van der Waals surface area contributed by atoms with Crippen LogP contribution in [0.1, 0.15) is 28.3 Å². The lowest BCUT2D eigenvalue weighted by molar-refractivity contribution is -0.139. The zero-order chi connectivity index (χ0) is 23.8. The topological polar surface area (TPSA) is 73.4 Å². The van der Waals surface area contributed by atoms with Gasteiger partial charge in [-0.05, 0) is 54.8 Å². The molecule has 0 unspecified atom stereocenters. The highest BCUT2D eigenvalue weighted by Crippen LogP contribution is 2.39. The molecule has 3 aromatic carbocycles. The maximum Gasteiger partial charge on any atom is 0.295 e. The van der Waals surface area contributed by atoms with Crippen LogP contribution in [-0.2, 0) is 16.0 Å². The van der Waals surface area contributed by atoms with E-state index in [0.29, 0.717) is 13.0 Å². The van der Waals surface area contributed by atoms with Crippen LogP contribution >= 0.6 is 0 Å². The average molecular weight is 455 g/mol. The Morgan fingerprint density at radius 2 is 1.71 bits per heavy atom. The van der Waals surface area contributed by atoms with Crippen LogP contribution in [0.25, 0.3) is 16.7 Å². The summed E-state index contributed by atoms with van der Waals surface area (Å²) in [6.07, 6.45) is 2.46. The minimum absolute atomic E-state index is 0.0133. The first-order valence-electron chi connectivity index (χ1n) is 11.1. The Kier molecular flexibility index (Phi) is 5.49. The van der Waals surface area contributed by atoms with Gasteiger partial charge in [-0.1, -0.05) is 48.0 Å². The fourth-order valence-corrected chi connectivity index (χ4v) is 4.55. The normalized spacial score (nSPS) is 17.6. The zero-order valence-corrected chi connectivity index (χ0v) is 18.6. The highest BCUT2D eigenvalue weighted by molar-refractivity contribution is 6.46. The molecule has 0 saturated carbocycles. The van der Waals surface area contributed by atoms with Crippen molar-refractivity contribution < 1.29 is 19.1 Å². The molecule has 4 aromatic rings. The van der Waals surface area contributed by atoms with Crippen LogP contribution in [0.15, 0.2) is 84.6 Å². The molecule has 5 nitrogen and oxygen atoms in total. The number of aliphatic hydroxyl groups excluding tert-OH is 1. The summed E-state index contributed by atoms with van der Waals surface area (Å²) in [6.45, 7) is 2.25. The number of rotatable bonds is 5. The van der Waals surface area contributed by atoms with Crippen molar-refractivity contribution in [1.82, 2.24) is 9.88 Å². The highest BCUT2D eigenvalue weighted by atomic mass is 19.1. The van der Waals surface area contributed by atoms with E-state index in [1.807, 2.05) is 61.7 Å². The molecular weight excluding hydrogens is 431 g/mol. The molecule has 34 heavy (non-hydrogen) atoms. The minimum atomic E-state index is -0.744. The van der Waals surface area contributed by atoms with Gasteiger partial charge >= 0.3 is 0 Å². The number of H-pyrrole nitrogens is 1. The molecule has 0 aliphatic carbocycles. The number of halogens is 1. The van der Waals surface area contributed by atoms with Gasteiger partial charge in [0.2, 0.25) is 0 Å². The van der Waals surface area contributed by atoms with Gasteiger partial charge in [-0.25, -0.2) is 4.39 Å². The molecule has 0 spiro atoms. The number of hydrogen-bond donors (Lipinski definition) is 2. The summed E-state index contributed by atoms with van der Waals surface area (Å²) in [5, 5.41) is 12.1. The fraction of sp³-hybridized carbons (Fsp3) is 0.143. The van der Waals surface area contributed by atoms with Crippen molar-refractivity contribution in [3.05, 3.63) is 113 Å². The average Bonchev–Trinajstić information content (AvgIpc) is 3.37. The van der Waals surface area contributed by atoms with Crippen molar-refractivity contribution in [2.75, 3.05) is 6.54 Å². The summed E-state index contributed by atoms with van der Waals surface area (Å²) in [5.74, 6) is -2.16. The number of aryl methyl sites for hydroxylation is 1. The van der Waals surface area contributed by atoms with Crippen LogP contribution < -0.4 is 0 Å². The van der Waals surface area contributed by atoms with Crippen molar-refractivity contribution in [2.45, 2.75) is 19.4 Å². The molecule has 2 heterocycles. The number of aromatic amines is 1. The summed E-state index contributed by atoms with van der Waals surface area (Å²) < 4.78 is 13.4. The third-order valence-corrected chi connectivity index (χ3v) is 6.35.